The fourth-order valence-electron chi connectivity index (χ4n) is 1.64. The van der Waals surface area contributed by atoms with Gasteiger partial charge in [-0.05, 0) is 44.0 Å². The molecule has 0 atom stereocenters. The molecule has 3 rings (SSSR count). The van der Waals surface area contributed by atoms with E-state index in [0.29, 0.717) is 11.1 Å². The SMILES string of the molecule is O=C1C(=O)c2cc(Br)sc2-c2sc(Br)cc21. The quantitative estimate of drug-likeness (QED) is 0.638. The van der Waals surface area contributed by atoms with Gasteiger partial charge in [-0.15, -0.1) is 22.7 Å². The van der Waals surface area contributed by atoms with Crippen molar-refractivity contribution in [2.24, 2.45) is 0 Å². The highest BCUT2D eigenvalue weighted by atomic mass is 79.9. The molecule has 0 amide bonds. The van der Waals surface area contributed by atoms with Gasteiger partial charge in [0.15, 0.2) is 0 Å². The minimum absolute atomic E-state index is 0.408. The maximum Gasteiger partial charge on any atom is 0.235 e. The summed E-state index contributed by atoms with van der Waals surface area (Å²) in [5.74, 6) is -0.815. The summed E-state index contributed by atoms with van der Waals surface area (Å²) in [5.41, 5.74) is 1.03. The van der Waals surface area contributed by atoms with Crippen LogP contribution < -0.4 is 0 Å². The van der Waals surface area contributed by atoms with E-state index >= 15 is 0 Å². The molecular weight excluding hydrogens is 376 g/mol. The Bertz CT molecular complexity index is 583. The Morgan fingerprint density at radius 2 is 1.19 bits per heavy atom. The van der Waals surface area contributed by atoms with E-state index in [1.165, 1.54) is 22.7 Å². The maximum absolute atomic E-state index is 11.8. The Morgan fingerprint density at radius 1 is 0.812 bits per heavy atom. The third-order valence-corrected chi connectivity index (χ3v) is 5.75. The van der Waals surface area contributed by atoms with Crippen molar-refractivity contribution in [1.82, 2.24) is 0 Å². The number of halogens is 2. The summed E-state index contributed by atoms with van der Waals surface area (Å²) in [7, 11) is 0. The van der Waals surface area contributed by atoms with Crippen molar-refractivity contribution in [1.29, 1.82) is 0 Å². The van der Waals surface area contributed by atoms with Crippen LogP contribution >= 0.6 is 54.5 Å². The standard InChI is InChI=1S/C10H2Br2O2S2/c11-5-1-3-7(13)8(14)4-2-6(12)16-10(4)9(3)15-5/h1-2H. The van der Waals surface area contributed by atoms with Crippen LogP contribution in [0.5, 0.6) is 0 Å². The fourth-order valence-corrected chi connectivity index (χ4v) is 4.99. The van der Waals surface area contributed by atoms with Crippen molar-refractivity contribution in [3.05, 3.63) is 30.8 Å². The molecule has 2 nitrogen and oxygen atoms in total. The van der Waals surface area contributed by atoms with Crippen LogP contribution in [0, 0.1) is 0 Å². The molecule has 2 aromatic heterocycles. The maximum atomic E-state index is 11.8. The lowest BCUT2D eigenvalue weighted by molar-refractivity contribution is 0.0816. The van der Waals surface area contributed by atoms with Gasteiger partial charge in [-0.3, -0.25) is 9.59 Å². The smallest absolute Gasteiger partial charge is 0.235 e. The molecule has 0 saturated carbocycles. The fraction of sp³-hybridized carbons (Fsp3) is 0. The van der Waals surface area contributed by atoms with Crippen molar-refractivity contribution >= 4 is 66.1 Å². The van der Waals surface area contributed by atoms with E-state index in [9.17, 15) is 9.59 Å². The van der Waals surface area contributed by atoms with Gasteiger partial charge in [0.2, 0.25) is 11.6 Å². The predicted molar refractivity (Wildman–Crippen MR) is 71.7 cm³/mol. The molecule has 0 fully saturated rings. The van der Waals surface area contributed by atoms with Crippen molar-refractivity contribution < 1.29 is 9.59 Å². The molecule has 80 valence electrons. The Balaban J connectivity index is 2.40. The molecule has 0 bridgehead atoms. The number of ketones is 2. The Hall–Kier alpha value is -0.300. The van der Waals surface area contributed by atoms with E-state index in [-0.39, 0.29) is 0 Å². The highest BCUT2D eigenvalue weighted by Crippen LogP contribution is 2.46. The van der Waals surface area contributed by atoms with E-state index in [2.05, 4.69) is 31.9 Å². The second kappa shape index (κ2) is 3.60. The summed E-state index contributed by atoms with van der Waals surface area (Å²) in [6, 6.07) is 3.44. The first kappa shape index (κ1) is 10.8. The van der Waals surface area contributed by atoms with Crippen LogP contribution in [-0.2, 0) is 0 Å². The third-order valence-electron chi connectivity index (χ3n) is 2.31. The van der Waals surface area contributed by atoms with Crippen molar-refractivity contribution in [3.63, 3.8) is 0 Å². The third kappa shape index (κ3) is 1.40. The Kier molecular flexibility index (Phi) is 2.43. The molecule has 0 aliphatic heterocycles. The lowest BCUT2D eigenvalue weighted by atomic mass is 9.96. The van der Waals surface area contributed by atoms with Gasteiger partial charge in [0.25, 0.3) is 0 Å². The zero-order chi connectivity index (χ0) is 11.4. The summed E-state index contributed by atoms with van der Waals surface area (Å²) >= 11 is 9.66. The molecule has 1 aliphatic rings. The van der Waals surface area contributed by atoms with Crippen LogP contribution in [0.3, 0.4) is 0 Å². The van der Waals surface area contributed by atoms with Crippen LogP contribution in [0.15, 0.2) is 19.7 Å². The molecule has 2 heterocycles. The zero-order valence-electron chi connectivity index (χ0n) is 7.54. The van der Waals surface area contributed by atoms with E-state index in [4.69, 9.17) is 0 Å². The predicted octanol–water partition coefficient (Wildman–Crippen LogP) is 4.38. The molecule has 0 radical (unpaired) electrons. The van der Waals surface area contributed by atoms with E-state index in [0.717, 1.165) is 17.3 Å². The first-order valence-electron chi connectivity index (χ1n) is 4.26. The zero-order valence-corrected chi connectivity index (χ0v) is 12.3. The van der Waals surface area contributed by atoms with Crippen molar-refractivity contribution in [3.8, 4) is 9.75 Å². The number of fused-ring (bicyclic) bond motifs is 3. The number of hydrogen-bond donors (Lipinski definition) is 0. The molecule has 0 spiro atoms. The van der Waals surface area contributed by atoms with E-state index < -0.39 is 11.6 Å². The molecule has 0 saturated heterocycles. The lowest BCUT2D eigenvalue weighted by Crippen LogP contribution is -2.18. The summed E-state index contributed by atoms with van der Waals surface area (Å²) in [5, 5.41) is 0. The molecule has 16 heavy (non-hydrogen) atoms. The first-order chi connectivity index (χ1) is 7.58. The first-order valence-corrected chi connectivity index (χ1v) is 7.48. The van der Waals surface area contributed by atoms with Crippen LogP contribution in [0.4, 0.5) is 0 Å². The normalized spacial score (nSPS) is 13.9. The number of hydrogen-bond acceptors (Lipinski definition) is 4. The van der Waals surface area contributed by atoms with Crippen LogP contribution in [0.25, 0.3) is 9.75 Å². The molecule has 1 aliphatic carbocycles. The Labute approximate surface area is 116 Å². The number of Topliss-reactive ketones (excluding diaryl/α,β-unsaturated/α-hetero) is 2. The van der Waals surface area contributed by atoms with Crippen LogP contribution in [0.2, 0.25) is 0 Å². The highest BCUT2D eigenvalue weighted by Gasteiger charge is 2.33. The topological polar surface area (TPSA) is 34.1 Å². The average Bonchev–Trinajstić information content (AvgIpc) is 2.78. The van der Waals surface area contributed by atoms with E-state index in [1.807, 2.05) is 0 Å². The summed E-state index contributed by atoms with van der Waals surface area (Å²) < 4.78 is 1.74. The van der Waals surface area contributed by atoms with Gasteiger partial charge in [0.05, 0.1) is 17.3 Å². The monoisotopic (exact) mass is 376 g/mol. The number of carbonyl (C=O) groups is 2. The summed E-state index contributed by atoms with van der Waals surface area (Å²) in [4.78, 5) is 25.4. The van der Waals surface area contributed by atoms with Gasteiger partial charge >= 0.3 is 0 Å². The second-order valence-corrected chi connectivity index (χ2v) is 8.11. The lowest BCUT2D eigenvalue weighted by Gasteiger charge is -2.08. The molecule has 0 unspecified atom stereocenters. The van der Waals surface area contributed by atoms with Gasteiger partial charge in [-0.1, -0.05) is 0 Å². The van der Waals surface area contributed by atoms with Gasteiger partial charge in [-0.2, -0.15) is 0 Å². The molecule has 6 heteroatoms. The van der Waals surface area contributed by atoms with Gasteiger partial charge < -0.3 is 0 Å². The van der Waals surface area contributed by atoms with Crippen LogP contribution in [0.1, 0.15) is 20.7 Å². The van der Waals surface area contributed by atoms with Crippen molar-refractivity contribution in [2.45, 2.75) is 0 Å². The second-order valence-electron chi connectivity index (χ2n) is 3.24. The summed E-state index contributed by atoms with van der Waals surface area (Å²) in [6.45, 7) is 0. The Morgan fingerprint density at radius 3 is 1.56 bits per heavy atom. The minimum Gasteiger partial charge on any atom is -0.285 e. The van der Waals surface area contributed by atoms with E-state index in [1.54, 1.807) is 12.1 Å². The number of thiophene rings is 2. The van der Waals surface area contributed by atoms with Gasteiger partial charge in [0.1, 0.15) is 0 Å². The van der Waals surface area contributed by atoms with Crippen LogP contribution in [-0.4, -0.2) is 11.6 Å². The average molecular weight is 378 g/mol. The molecule has 0 aromatic carbocycles. The molecular formula is C10H2Br2O2S2. The van der Waals surface area contributed by atoms with Crippen molar-refractivity contribution in [2.75, 3.05) is 0 Å². The number of rotatable bonds is 0. The number of carbonyl (C=O) groups excluding carboxylic acids is 2. The highest BCUT2D eigenvalue weighted by molar-refractivity contribution is 9.11. The van der Waals surface area contributed by atoms with Gasteiger partial charge in [-0.25, -0.2) is 0 Å². The minimum atomic E-state index is -0.408. The largest absolute Gasteiger partial charge is 0.285 e. The van der Waals surface area contributed by atoms with Gasteiger partial charge in [0, 0.05) is 11.1 Å². The molecule has 0 N–H and O–H groups in total. The molecule has 2 aromatic rings. The summed E-state index contributed by atoms with van der Waals surface area (Å²) in [6.07, 6.45) is 0.